The lowest BCUT2D eigenvalue weighted by molar-refractivity contribution is -0.143. The lowest BCUT2D eigenvalue weighted by Gasteiger charge is -2.30. The van der Waals surface area contributed by atoms with Crippen LogP contribution < -0.4 is 16.1 Å². The maximum atomic E-state index is 14.4. The molecular formula is C36H48FN5O8. The molecule has 1 aromatic rings. The summed E-state index contributed by atoms with van der Waals surface area (Å²) < 4.78 is 25.7. The minimum absolute atomic E-state index is 0.0337. The average Bonchev–Trinajstić information content (AvgIpc) is 3.90. The topological polar surface area (TPSA) is 156 Å². The molecule has 50 heavy (non-hydrogen) atoms. The smallest absolute Gasteiger partial charge is 0.410 e. The van der Waals surface area contributed by atoms with Crippen LogP contribution in [-0.4, -0.2) is 82.2 Å². The Balaban J connectivity index is 1.22. The largest absolute Gasteiger partial charge is 0.444 e. The third-order valence-corrected chi connectivity index (χ3v) is 9.97. The first-order valence-corrected chi connectivity index (χ1v) is 17.8. The molecule has 5 atom stereocenters. The summed E-state index contributed by atoms with van der Waals surface area (Å²) in [6.45, 7) is 5.66. The second-order valence-corrected chi connectivity index (χ2v) is 15.2. The standard InChI is InChI=1S/C36H48FN5O8/c1-35(2,3)50-33(46)38-28-13-8-6-4-5-7-11-24-17-36(24,32(45)40-48-21-22-14-15-22)39-30(43)29-16-25(19-42(29)31(28)44)49-34(47)41-18-23-10-9-12-27(37)26(23)20-41/h7,9-12,22,24-25,28-29H,4-6,8,13-21H2,1-3H3,(H,38,46)(H,39,43)(H,40,45)/b11-7-/t24-,25-,28+,29+,36-/m1/s1. The second-order valence-electron chi connectivity index (χ2n) is 15.2. The van der Waals surface area contributed by atoms with E-state index in [0.717, 1.165) is 32.1 Å². The van der Waals surface area contributed by atoms with Crippen molar-refractivity contribution in [3.8, 4) is 0 Å². The number of rotatable bonds is 6. The molecule has 0 radical (unpaired) electrons. The van der Waals surface area contributed by atoms with Crippen molar-refractivity contribution in [2.75, 3.05) is 13.2 Å². The summed E-state index contributed by atoms with van der Waals surface area (Å²) >= 11 is 0. The van der Waals surface area contributed by atoms with Crippen LogP contribution in [0.5, 0.6) is 0 Å². The first-order chi connectivity index (χ1) is 23.8. The summed E-state index contributed by atoms with van der Waals surface area (Å²) in [6, 6.07) is 2.57. The van der Waals surface area contributed by atoms with Crippen LogP contribution in [0.1, 0.15) is 89.7 Å². The van der Waals surface area contributed by atoms with Crippen molar-refractivity contribution in [1.82, 2.24) is 25.9 Å². The van der Waals surface area contributed by atoms with Gasteiger partial charge in [-0.1, -0.05) is 37.1 Å². The van der Waals surface area contributed by atoms with Crippen molar-refractivity contribution in [1.29, 1.82) is 0 Å². The highest BCUT2D eigenvalue weighted by atomic mass is 19.1. The van der Waals surface area contributed by atoms with E-state index in [2.05, 4.69) is 16.1 Å². The van der Waals surface area contributed by atoms with Gasteiger partial charge in [0.2, 0.25) is 11.8 Å². The molecule has 2 saturated carbocycles. The van der Waals surface area contributed by atoms with E-state index in [9.17, 15) is 28.4 Å². The zero-order valence-electron chi connectivity index (χ0n) is 29.0. The number of nitrogens with one attached hydrogen (secondary N) is 3. The van der Waals surface area contributed by atoms with E-state index < -0.39 is 65.1 Å². The van der Waals surface area contributed by atoms with Crippen LogP contribution in [0.4, 0.5) is 14.0 Å². The second kappa shape index (κ2) is 14.6. The molecule has 1 saturated heterocycles. The van der Waals surface area contributed by atoms with Gasteiger partial charge in [-0.15, -0.1) is 0 Å². The van der Waals surface area contributed by atoms with E-state index >= 15 is 0 Å². The molecule has 3 aliphatic heterocycles. The van der Waals surface area contributed by atoms with Gasteiger partial charge in [0.25, 0.3) is 5.91 Å². The summed E-state index contributed by atoms with van der Waals surface area (Å²) in [7, 11) is 0. The van der Waals surface area contributed by atoms with Gasteiger partial charge in [0.1, 0.15) is 35.1 Å². The van der Waals surface area contributed by atoms with Gasteiger partial charge in [0.05, 0.1) is 19.7 Å². The Morgan fingerprint density at radius 2 is 1.88 bits per heavy atom. The zero-order valence-corrected chi connectivity index (χ0v) is 29.0. The van der Waals surface area contributed by atoms with Crippen molar-refractivity contribution >= 4 is 29.9 Å². The Labute approximate surface area is 291 Å². The number of carbonyl (C=O) groups excluding carboxylic acids is 5. The summed E-state index contributed by atoms with van der Waals surface area (Å²) in [5.41, 5.74) is 1.58. The maximum absolute atomic E-state index is 14.4. The Hall–Kier alpha value is -4.20. The van der Waals surface area contributed by atoms with Crippen LogP contribution in [0, 0.1) is 17.7 Å². The minimum Gasteiger partial charge on any atom is -0.444 e. The van der Waals surface area contributed by atoms with E-state index in [1.165, 1.54) is 15.9 Å². The molecule has 3 heterocycles. The van der Waals surface area contributed by atoms with E-state index in [1.54, 1.807) is 32.9 Å². The van der Waals surface area contributed by atoms with Gasteiger partial charge in [-0.05, 0) is 76.8 Å². The van der Waals surface area contributed by atoms with Crippen LogP contribution in [0.2, 0.25) is 0 Å². The molecule has 0 bridgehead atoms. The van der Waals surface area contributed by atoms with E-state index in [-0.39, 0.29) is 32.0 Å². The molecule has 2 aliphatic carbocycles. The molecule has 0 spiro atoms. The third kappa shape index (κ3) is 8.39. The van der Waals surface area contributed by atoms with E-state index in [0.29, 0.717) is 42.9 Å². The van der Waals surface area contributed by atoms with Crippen LogP contribution in [0.25, 0.3) is 0 Å². The molecule has 5 aliphatic rings. The number of hydrogen-bond acceptors (Lipinski definition) is 8. The monoisotopic (exact) mass is 697 g/mol. The molecule has 6 rings (SSSR count). The van der Waals surface area contributed by atoms with E-state index in [4.69, 9.17) is 14.3 Å². The van der Waals surface area contributed by atoms with Crippen LogP contribution in [-0.2, 0) is 41.8 Å². The molecular weight excluding hydrogens is 649 g/mol. The highest BCUT2D eigenvalue weighted by Crippen LogP contribution is 2.45. The minimum atomic E-state index is -1.26. The van der Waals surface area contributed by atoms with Gasteiger partial charge in [0, 0.05) is 24.4 Å². The number of nitrogens with zero attached hydrogens (tertiary/aromatic N) is 2. The normalized spacial score (nSPS) is 29.0. The van der Waals surface area contributed by atoms with Crippen molar-refractivity contribution in [3.63, 3.8) is 0 Å². The average molecular weight is 698 g/mol. The zero-order chi connectivity index (χ0) is 35.6. The van der Waals surface area contributed by atoms with E-state index in [1.807, 2.05) is 12.2 Å². The molecule has 0 aromatic heterocycles. The van der Waals surface area contributed by atoms with Gasteiger partial charge < -0.3 is 25.0 Å². The maximum Gasteiger partial charge on any atom is 0.410 e. The highest BCUT2D eigenvalue weighted by molar-refractivity contribution is 5.98. The van der Waals surface area contributed by atoms with Crippen LogP contribution in [0.3, 0.4) is 0 Å². The molecule has 272 valence electrons. The summed E-state index contributed by atoms with van der Waals surface area (Å²) in [6.07, 6.45) is 7.37. The van der Waals surface area contributed by atoms with Crippen molar-refractivity contribution in [2.24, 2.45) is 11.8 Å². The Morgan fingerprint density at radius 3 is 2.62 bits per heavy atom. The van der Waals surface area contributed by atoms with Crippen molar-refractivity contribution in [3.05, 3.63) is 47.3 Å². The van der Waals surface area contributed by atoms with Gasteiger partial charge in [0.15, 0.2) is 0 Å². The SMILES string of the molecule is CC(C)(C)OC(=O)N[C@H]1CCCCC/C=C\[C@@H]2C[C@@]2(C(=O)NOCC2CC2)NC(=O)[C@@H]2C[C@@H](OC(=O)N3Cc4cccc(F)c4C3)CN2C1=O. The number of ether oxygens (including phenoxy) is 2. The number of halogens is 1. The van der Waals surface area contributed by atoms with Crippen molar-refractivity contribution in [2.45, 2.75) is 121 Å². The van der Waals surface area contributed by atoms with Crippen molar-refractivity contribution < 1.29 is 42.7 Å². The summed E-state index contributed by atoms with van der Waals surface area (Å²) in [4.78, 5) is 76.3. The molecule has 1 aromatic carbocycles. The number of fused-ring (bicyclic) bond motifs is 3. The molecule has 13 nitrogen and oxygen atoms in total. The first-order valence-electron chi connectivity index (χ1n) is 17.8. The molecule has 5 amide bonds. The number of allylic oxidation sites excluding steroid dienone is 1. The molecule has 3 N–H and O–H groups in total. The van der Waals surface area contributed by atoms with Gasteiger partial charge in [-0.25, -0.2) is 19.5 Å². The van der Waals surface area contributed by atoms with Crippen LogP contribution in [0.15, 0.2) is 30.4 Å². The number of carbonyl (C=O) groups is 5. The van der Waals surface area contributed by atoms with Crippen LogP contribution >= 0.6 is 0 Å². The highest BCUT2D eigenvalue weighted by Gasteiger charge is 2.61. The fourth-order valence-electron chi connectivity index (χ4n) is 6.94. The summed E-state index contributed by atoms with van der Waals surface area (Å²) in [5.74, 6) is -1.81. The molecule has 14 heteroatoms. The summed E-state index contributed by atoms with van der Waals surface area (Å²) in [5, 5.41) is 5.65. The quantitative estimate of drug-likeness (QED) is 0.298. The fourth-order valence-corrected chi connectivity index (χ4v) is 6.94. The Bertz CT molecular complexity index is 1530. The fraction of sp³-hybridized carbons (Fsp3) is 0.639. The predicted molar refractivity (Wildman–Crippen MR) is 177 cm³/mol. The Kier molecular flexibility index (Phi) is 10.4. The van der Waals surface area contributed by atoms with Gasteiger partial charge in [-0.3, -0.25) is 24.1 Å². The molecule has 3 fully saturated rings. The first kappa shape index (κ1) is 35.6. The lowest BCUT2D eigenvalue weighted by atomic mass is 10.0. The van der Waals surface area contributed by atoms with Gasteiger partial charge >= 0.3 is 12.2 Å². The van der Waals surface area contributed by atoms with Gasteiger partial charge in [-0.2, -0.15) is 0 Å². The number of amides is 5. The molecule has 0 unspecified atom stereocenters. The lowest BCUT2D eigenvalue weighted by Crippen LogP contribution is -2.58. The number of hydrogen-bond donors (Lipinski definition) is 3. The number of hydroxylamine groups is 1. The number of alkyl carbamates (subject to hydrolysis) is 1. The third-order valence-electron chi connectivity index (χ3n) is 9.97. The predicted octanol–water partition coefficient (Wildman–Crippen LogP) is 3.99. The Morgan fingerprint density at radius 1 is 1.08 bits per heavy atom. The number of benzene rings is 1.